The molecule has 0 unspecified atom stereocenters. The monoisotopic (exact) mass is 362 g/mol. The van der Waals surface area contributed by atoms with E-state index in [9.17, 15) is 15.3 Å². The van der Waals surface area contributed by atoms with Crippen molar-refractivity contribution < 1.29 is 15.3 Å². The van der Waals surface area contributed by atoms with Crippen LogP contribution < -0.4 is 0 Å². The summed E-state index contributed by atoms with van der Waals surface area (Å²) in [6.07, 6.45) is -1.82. The number of fused-ring (bicyclic) bond motifs is 1. The molecule has 4 atom stereocenters. The van der Waals surface area contributed by atoms with Crippen molar-refractivity contribution >= 4 is 40.1 Å². The van der Waals surface area contributed by atoms with Gasteiger partial charge in [-0.1, -0.05) is 41.0 Å². The maximum atomic E-state index is 10.0. The first kappa shape index (κ1) is 16.4. The number of thioether (sulfide) groups is 1. The van der Waals surface area contributed by atoms with Crippen molar-refractivity contribution in [2.75, 3.05) is 12.4 Å². The minimum atomic E-state index is -0.958. The lowest BCUT2D eigenvalue weighted by atomic mass is 10.1. The number of amidine groups is 1. The number of aliphatic hydroxyl groups excluding tert-OH is 3. The van der Waals surface area contributed by atoms with E-state index in [-0.39, 0.29) is 12.6 Å². The molecule has 3 rings (SSSR count). The summed E-state index contributed by atoms with van der Waals surface area (Å²) < 4.78 is 0. The third-order valence-corrected chi connectivity index (χ3v) is 5.74. The van der Waals surface area contributed by atoms with E-state index in [4.69, 9.17) is 23.2 Å². The van der Waals surface area contributed by atoms with Crippen LogP contribution >= 0.6 is 35.0 Å². The third kappa shape index (κ3) is 2.84. The number of benzene rings is 1. The van der Waals surface area contributed by atoms with Crippen LogP contribution in [0.2, 0.25) is 10.0 Å². The molecule has 0 bridgehead atoms. The number of rotatable bonds is 3. The first-order valence-electron chi connectivity index (χ1n) is 6.89. The van der Waals surface area contributed by atoms with Crippen LogP contribution in [0, 0.1) is 0 Å². The highest BCUT2D eigenvalue weighted by atomic mass is 35.5. The van der Waals surface area contributed by atoms with E-state index in [1.54, 1.807) is 12.1 Å². The van der Waals surface area contributed by atoms with E-state index in [1.807, 2.05) is 11.0 Å². The summed E-state index contributed by atoms with van der Waals surface area (Å²) in [7, 11) is 0. The van der Waals surface area contributed by atoms with Gasteiger partial charge in [0.15, 0.2) is 5.17 Å². The van der Waals surface area contributed by atoms with Gasteiger partial charge >= 0.3 is 0 Å². The topological polar surface area (TPSA) is 76.3 Å². The molecule has 0 saturated carbocycles. The van der Waals surface area contributed by atoms with Crippen LogP contribution in [0.4, 0.5) is 0 Å². The van der Waals surface area contributed by atoms with Gasteiger partial charge in [0.05, 0.1) is 25.2 Å². The maximum Gasteiger partial charge on any atom is 0.160 e. The first-order valence-corrected chi connectivity index (χ1v) is 8.63. The number of aliphatic imine (C=N–C) groups is 1. The predicted molar refractivity (Wildman–Crippen MR) is 88.6 cm³/mol. The maximum absolute atomic E-state index is 10.0. The van der Waals surface area contributed by atoms with Crippen LogP contribution in [0.15, 0.2) is 23.2 Å². The summed E-state index contributed by atoms with van der Waals surface area (Å²) in [5.41, 5.74) is 0.850. The van der Waals surface area contributed by atoms with Crippen LogP contribution in [-0.4, -0.2) is 62.0 Å². The molecular formula is C14H16Cl2N2O3S. The zero-order chi connectivity index (χ0) is 15.9. The molecule has 5 nitrogen and oxygen atoms in total. The highest BCUT2D eigenvalue weighted by molar-refractivity contribution is 8.14. The van der Waals surface area contributed by atoms with Crippen molar-refractivity contribution in [3.05, 3.63) is 33.8 Å². The predicted octanol–water partition coefficient (Wildman–Crippen LogP) is 1.36. The molecule has 2 aliphatic rings. The number of hydrogen-bond acceptors (Lipinski definition) is 5. The second kappa shape index (κ2) is 6.55. The van der Waals surface area contributed by atoms with Gasteiger partial charge in [-0.25, -0.2) is 0 Å². The number of nitrogens with zero attached hydrogens (tertiary/aromatic N) is 2. The second-order valence-corrected chi connectivity index (χ2v) is 7.18. The molecular weight excluding hydrogens is 347 g/mol. The van der Waals surface area contributed by atoms with Gasteiger partial charge in [0.2, 0.25) is 0 Å². The Kier molecular flexibility index (Phi) is 4.87. The summed E-state index contributed by atoms with van der Waals surface area (Å²) in [4.78, 5) is 6.36. The highest BCUT2D eigenvalue weighted by Gasteiger charge is 2.51. The number of hydrogen-bond donors (Lipinski definition) is 3. The second-order valence-electron chi connectivity index (χ2n) is 5.35. The van der Waals surface area contributed by atoms with Crippen LogP contribution in [0.5, 0.6) is 0 Å². The van der Waals surface area contributed by atoms with Crippen LogP contribution in [0.1, 0.15) is 5.56 Å². The fraction of sp³-hybridized carbons (Fsp3) is 0.500. The summed E-state index contributed by atoms with van der Waals surface area (Å²) in [5, 5.41) is 31.3. The Bertz CT molecular complexity index is 599. The van der Waals surface area contributed by atoms with Gasteiger partial charge in [0, 0.05) is 15.8 Å². The molecule has 0 radical (unpaired) electrons. The Hall–Kier alpha value is -0.500. The van der Waals surface area contributed by atoms with Crippen LogP contribution in [-0.2, 0) is 6.54 Å². The summed E-state index contributed by atoms with van der Waals surface area (Å²) in [6.45, 7) is 0.155. The molecule has 0 aliphatic carbocycles. The molecule has 2 fully saturated rings. The largest absolute Gasteiger partial charge is 0.394 e. The lowest BCUT2D eigenvalue weighted by molar-refractivity contribution is 0.0206. The minimum Gasteiger partial charge on any atom is -0.394 e. The molecule has 1 aromatic carbocycles. The highest BCUT2D eigenvalue weighted by Crippen LogP contribution is 2.36. The fourth-order valence-corrected chi connectivity index (χ4v) is 4.57. The lowest BCUT2D eigenvalue weighted by Crippen LogP contribution is -2.41. The average molecular weight is 363 g/mol. The van der Waals surface area contributed by atoms with Crippen molar-refractivity contribution in [1.82, 2.24) is 4.90 Å². The fourth-order valence-electron chi connectivity index (χ4n) is 2.85. The van der Waals surface area contributed by atoms with Crippen molar-refractivity contribution in [2.24, 2.45) is 4.99 Å². The van der Waals surface area contributed by atoms with Gasteiger partial charge in [-0.15, -0.1) is 0 Å². The van der Waals surface area contributed by atoms with Crippen molar-refractivity contribution in [1.29, 1.82) is 0 Å². The summed E-state index contributed by atoms with van der Waals surface area (Å²) >= 11 is 13.5. The Labute approximate surface area is 142 Å². The molecule has 0 aromatic heterocycles. The van der Waals surface area contributed by atoms with E-state index < -0.39 is 18.2 Å². The van der Waals surface area contributed by atoms with E-state index in [0.29, 0.717) is 27.5 Å². The Balaban J connectivity index is 1.80. The standard InChI is InChI=1S/C14H16Cl2N2O3S/c15-8-2-1-7(9(16)3-8)4-17-14-18-10(5-19)12(20)13(21)11(18)6-22-14/h1-3,10-13,19-21H,4-6H2/t10-,11-,12-,13-/m0/s1. The molecule has 2 aliphatic heterocycles. The molecule has 22 heavy (non-hydrogen) atoms. The Morgan fingerprint density at radius 2 is 2.05 bits per heavy atom. The van der Waals surface area contributed by atoms with Gasteiger partial charge in [0.1, 0.15) is 12.2 Å². The van der Waals surface area contributed by atoms with E-state index in [2.05, 4.69) is 4.99 Å². The summed E-state index contributed by atoms with van der Waals surface area (Å²) in [5.74, 6) is 0.641. The van der Waals surface area contributed by atoms with E-state index in [0.717, 1.165) is 5.56 Å². The molecule has 1 aromatic rings. The van der Waals surface area contributed by atoms with Gasteiger partial charge < -0.3 is 20.2 Å². The quantitative estimate of drug-likeness (QED) is 0.756. The molecule has 2 heterocycles. The first-order chi connectivity index (χ1) is 10.5. The molecule has 0 spiro atoms. The number of aliphatic hydroxyl groups is 3. The SMILES string of the molecule is OC[C@H]1[C@H](O)[C@@H](O)[C@@H]2CSC(=NCc3ccc(Cl)cc3Cl)N12. The van der Waals surface area contributed by atoms with Crippen LogP contribution in [0.25, 0.3) is 0 Å². The Morgan fingerprint density at radius 1 is 1.27 bits per heavy atom. The van der Waals surface area contributed by atoms with Crippen molar-refractivity contribution in [3.63, 3.8) is 0 Å². The zero-order valence-electron chi connectivity index (χ0n) is 11.6. The smallest absolute Gasteiger partial charge is 0.160 e. The molecule has 120 valence electrons. The summed E-state index contributed by atoms with van der Waals surface area (Å²) in [6, 6.07) is 4.52. The van der Waals surface area contributed by atoms with Gasteiger partial charge in [-0.2, -0.15) is 0 Å². The molecule has 2 saturated heterocycles. The lowest BCUT2D eigenvalue weighted by Gasteiger charge is -2.24. The van der Waals surface area contributed by atoms with Crippen molar-refractivity contribution in [2.45, 2.75) is 30.8 Å². The van der Waals surface area contributed by atoms with Crippen molar-refractivity contribution in [3.8, 4) is 0 Å². The Morgan fingerprint density at radius 3 is 2.73 bits per heavy atom. The molecule has 8 heteroatoms. The van der Waals surface area contributed by atoms with Gasteiger partial charge in [-0.05, 0) is 17.7 Å². The molecule has 3 N–H and O–H groups in total. The molecule has 0 amide bonds. The van der Waals surface area contributed by atoms with Gasteiger partial charge in [0.25, 0.3) is 0 Å². The normalized spacial score (nSPS) is 32.8. The van der Waals surface area contributed by atoms with E-state index in [1.165, 1.54) is 11.8 Å². The van der Waals surface area contributed by atoms with Gasteiger partial charge in [-0.3, -0.25) is 4.99 Å². The van der Waals surface area contributed by atoms with Crippen LogP contribution in [0.3, 0.4) is 0 Å². The zero-order valence-corrected chi connectivity index (χ0v) is 13.9. The van der Waals surface area contributed by atoms with E-state index >= 15 is 0 Å². The number of halogens is 2. The third-order valence-electron chi connectivity index (χ3n) is 4.04. The minimum absolute atomic E-state index is 0.211. The average Bonchev–Trinajstić information content (AvgIpc) is 2.99.